The molecule has 0 saturated heterocycles. The van der Waals surface area contributed by atoms with Crippen LogP contribution in [0.25, 0.3) is 0 Å². The molecule has 1 fully saturated rings. The Bertz CT molecular complexity index is 232. The molecule has 0 aliphatic heterocycles. The summed E-state index contributed by atoms with van der Waals surface area (Å²) >= 11 is 1.45. The van der Waals surface area contributed by atoms with E-state index in [2.05, 4.69) is 14.3 Å². The number of nitrogens with two attached hydrogens (primary N) is 1. The fourth-order valence-corrected chi connectivity index (χ4v) is 1.88. The lowest BCUT2D eigenvalue weighted by Crippen LogP contribution is -2.31. The molecular weight excluding hydrogens is 172 g/mol. The van der Waals surface area contributed by atoms with Gasteiger partial charge in [0.05, 0.1) is 0 Å². The Kier molecular flexibility index (Phi) is 2.23. The van der Waals surface area contributed by atoms with E-state index in [0.29, 0.717) is 12.6 Å². The highest BCUT2D eigenvalue weighted by Gasteiger charge is 2.30. The van der Waals surface area contributed by atoms with Crippen molar-refractivity contribution < 1.29 is 0 Å². The van der Waals surface area contributed by atoms with Gasteiger partial charge in [0.15, 0.2) is 0 Å². The first-order valence-electron chi connectivity index (χ1n) is 4.15. The topological polar surface area (TPSA) is 55.0 Å². The Balaban J connectivity index is 2.05. The van der Waals surface area contributed by atoms with Crippen LogP contribution >= 0.6 is 11.5 Å². The van der Waals surface area contributed by atoms with Crippen molar-refractivity contribution in [3.05, 3.63) is 6.33 Å². The average molecular weight is 184 g/mol. The quantitative estimate of drug-likeness (QED) is 0.739. The van der Waals surface area contributed by atoms with Crippen LogP contribution in [0.3, 0.4) is 0 Å². The number of hydrogen-bond donors (Lipinski definition) is 1. The van der Waals surface area contributed by atoms with Gasteiger partial charge < -0.3 is 10.6 Å². The number of nitrogens with zero attached hydrogens (tertiary/aromatic N) is 3. The number of hydrogen-bond acceptors (Lipinski definition) is 5. The second-order valence-electron chi connectivity index (χ2n) is 2.94. The van der Waals surface area contributed by atoms with E-state index >= 15 is 0 Å². The van der Waals surface area contributed by atoms with Crippen LogP contribution < -0.4 is 10.6 Å². The summed E-state index contributed by atoms with van der Waals surface area (Å²) in [6.07, 6.45) is 4.16. The lowest BCUT2D eigenvalue weighted by molar-refractivity contribution is 0.781. The monoisotopic (exact) mass is 184 g/mol. The normalized spacial score (nSPS) is 16.4. The maximum absolute atomic E-state index is 5.52. The maximum Gasteiger partial charge on any atom is 0.205 e. The highest BCUT2D eigenvalue weighted by molar-refractivity contribution is 7.09. The third-order valence-electron chi connectivity index (χ3n) is 1.95. The molecule has 0 unspecified atom stereocenters. The molecule has 12 heavy (non-hydrogen) atoms. The van der Waals surface area contributed by atoms with E-state index in [1.807, 2.05) is 0 Å². The maximum atomic E-state index is 5.52. The van der Waals surface area contributed by atoms with Crippen molar-refractivity contribution in [2.75, 3.05) is 18.0 Å². The van der Waals surface area contributed by atoms with Crippen LogP contribution in [0, 0.1) is 0 Å². The largest absolute Gasteiger partial charge is 0.343 e. The van der Waals surface area contributed by atoms with Gasteiger partial charge in [-0.1, -0.05) is 0 Å². The molecule has 1 heterocycles. The van der Waals surface area contributed by atoms with Crippen molar-refractivity contribution in [1.29, 1.82) is 0 Å². The van der Waals surface area contributed by atoms with Crippen LogP contribution in [0.1, 0.15) is 12.8 Å². The molecule has 1 aromatic rings. The summed E-state index contributed by atoms with van der Waals surface area (Å²) < 4.78 is 3.98. The SMILES string of the molecule is NCCN(c1ncns1)C1CC1. The van der Waals surface area contributed by atoms with Gasteiger partial charge in [0, 0.05) is 30.7 Å². The lowest BCUT2D eigenvalue weighted by atomic mass is 10.5. The number of aromatic nitrogens is 2. The van der Waals surface area contributed by atoms with E-state index in [-0.39, 0.29) is 0 Å². The highest BCUT2D eigenvalue weighted by atomic mass is 32.1. The molecule has 0 atom stereocenters. The standard InChI is InChI=1S/C7H12N4S/c8-3-4-11(6-1-2-6)7-9-5-10-12-7/h5-6H,1-4,8H2. The summed E-state index contributed by atoms with van der Waals surface area (Å²) in [6, 6.07) is 0.682. The number of anilines is 1. The summed E-state index contributed by atoms with van der Waals surface area (Å²) in [4.78, 5) is 6.44. The minimum atomic E-state index is 0.682. The molecule has 5 heteroatoms. The summed E-state index contributed by atoms with van der Waals surface area (Å²) in [7, 11) is 0. The fraction of sp³-hybridized carbons (Fsp3) is 0.714. The van der Waals surface area contributed by atoms with E-state index in [9.17, 15) is 0 Å². The van der Waals surface area contributed by atoms with Crippen LogP contribution in [0.5, 0.6) is 0 Å². The van der Waals surface area contributed by atoms with Gasteiger partial charge in [-0.25, -0.2) is 4.98 Å². The van der Waals surface area contributed by atoms with Crippen molar-refractivity contribution >= 4 is 16.7 Å². The lowest BCUT2D eigenvalue weighted by Gasteiger charge is -2.19. The molecule has 1 saturated carbocycles. The first-order chi connectivity index (χ1) is 5.92. The van der Waals surface area contributed by atoms with E-state index in [0.717, 1.165) is 11.7 Å². The van der Waals surface area contributed by atoms with Gasteiger partial charge in [0.25, 0.3) is 0 Å². The Labute approximate surface area is 75.6 Å². The summed E-state index contributed by atoms with van der Waals surface area (Å²) in [6.45, 7) is 1.59. The average Bonchev–Trinajstić information content (AvgIpc) is 2.77. The Morgan fingerprint density at radius 3 is 3.00 bits per heavy atom. The van der Waals surface area contributed by atoms with Gasteiger partial charge >= 0.3 is 0 Å². The van der Waals surface area contributed by atoms with Crippen LogP contribution in [-0.4, -0.2) is 28.5 Å². The summed E-state index contributed by atoms with van der Waals surface area (Å²) in [5, 5.41) is 1.02. The Morgan fingerprint density at radius 2 is 2.50 bits per heavy atom. The van der Waals surface area contributed by atoms with E-state index in [1.165, 1.54) is 24.4 Å². The van der Waals surface area contributed by atoms with Crippen molar-refractivity contribution in [1.82, 2.24) is 9.36 Å². The Hall–Kier alpha value is -0.680. The minimum absolute atomic E-state index is 0.682. The van der Waals surface area contributed by atoms with Crippen LogP contribution in [0.15, 0.2) is 6.33 Å². The van der Waals surface area contributed by atoms with Gasteiger partial charge in [-0.15, -0.1) is 0 Å². The zero-order valence-corrected chi connectivity index (χ0v) is 7.63. The molecular formula is C7H12N4S. The predicted molar refractivity (Wildman–Crippen MR) is 49.3 cm³/mol. The molecule has 0 spiro atoms. The van der Waals surface area contributed by atoms with Crippen molar-refractivity contribution in [2.24, 2.45) is 5.73 Å². The molecule has 1 aliphatic rings. The predicted octanol–water partition coefficient (Wildman–Crippen LogP) is 0.466. The molecule has 4 nitrogen and oxygen atoms in total. The highest BCUT2D eigenvalue weighted by Crippen LogP contribution is 2.31. The molecule has 2 N–H and O–H groups in total. The van der Waals surface area contributed by atoms with Crippen LogP contribution in [0.2, 0.25) is 0 Å². The second kappa shape index (κ2) is 3.37. The van der Waals surface area contributed by atoms with Gasteiger partial charge in [0.2, 0.25) is 5.13 Å². The van der Waals surface area contributed by atoms with Crippen LogP contribution in [0.4, 0.5) is 5.13 Å². The molecule has 1 aliphatic carbocycles. The zero-order valence-electron chi connectivity index (χ0n) is 6.81. The van der Waals surface area contributed by atoms with Gasteiger partial charge in [-0.3, -0.25) is 0 Å². The summed E-state index contributed by atoms with van der Waals surface area (Å²) in [5.41, 5.74) is 5.52. The molecule has 0 radical (unpaired) electrons. The van der Waals surface area contributed by atoms with Crippen molar-refractivity contribution in [3.8, 4) is 0 Å². The molecule has 2 rings (SSSR count). The Morgan fingerprint density at radius 1 is 1.67 bits per heavy atom. The fourth-order valence-electron chi connectivity index (χ4n) is 1.25. The van der Waals surface area contributed by atoms with E-state index < -0.39 is 0 Å². The summed E-state index contributed by atoms with van der Waals surface area (Å²) in [5.74, 6) is 0. The van der Waals surface area contributed by atoms with Gasteiger partial charge in [-0.05, 0) is 12.8 Å². The van der Waals surface area contributed by atoms with E-state index in [4.69, 9.17) is 5.73 Å². The van der Waals surface area contributed by atoms with Gasteiger partial charge in [0.1, 0.15) is 6.33 Å². The third-order valence-corrected chi connectivity index (χ3v) is 2.66. The molecule has 1 aromatic heterocycles. The molecule has 0 bridgehead atoms. The molecule has 66 valence electrons. The third kappa shape index (κ3) is 1.56. The van der Waals surface area contributed by atoms with E-state index in [1.54, 1.807) is 6.33 Å². The smallest absolute Gasteiger partial charge is 0.205 e. The zero-order chi connectivity index (χ0) is 8.39. The number of rotatable bonds is 4. The van der Waals surface area contributed by atoms with Gasteiger partial charge in [-0.2, -0.15) is 4.37 Å². The first-order valence-corrected chi connectivity index (χ1v) is 4.92. The second-order valence-corrected chi connectivity index (χ2v) is 3.70. The van der Waals surface area contributed by atoms with Crippen LogP contribution in [-0.2, 0) is 0 Å². The van der Waals surface area contributed by atoms with Crippen molar-refractivity contribution in [2.45, 2.75) is 18.9 Å². The first kappa shape index (κ1) is 7.94. The molecule has 0 aromatic carbocycles. The molecule has 0 amide bonds. The minimum Gasteiger partial charge on any atom is -0.343 e. The van der Waals surface area contributed by atoms with Crippen molar-refractivity contribution in [3.63, 3.8) is 0 Å².